The molecule has 0 aliphatic carbocycles. The Balaban J connectivity index is 1.76. The van der Waals surface area contributed by atoms with Gasteiger partial charge in [-0.25, -0.2) is 0 Å². The smallest absolute Gasteiger partial charge is 0.422 e. The summed E-state index contributed by atoms with van der Waals surface area (Å²) >= 11 is 0. The van der Waals surface area contributed by atoms with Gasteiger partial charge >= 0.3 is 12.4 Å². The highest BCUT2D eigenvalue weighted by molar-refractivity contribution is 5.84. The lowest BCUT2D eigenvalue weighted by molar-refractivity contribution is -0.153. The maximum atomic E-state index is 13.3. The fourth-order valence-corrected chi connectivity index (χ4v) is 2.68. The summed E-state index contributed by atoms with van der Waals surface area (Å²) in [5.41, 5.74) is -0.366. The second kappa shape index (κ2) is 8.29. The molecule has 0 saturated heterocycles. The molecule has 0 radical (unpaired) electrons. The van der Waals surface area contributed by atoms with Crippen LogP contribution in [0.4, 0.5) is 26.3 Å². The molecule has 2 aromatic carbocycles. The van der Waals surface area contributed by atoms with E-state index in [0.717, 1.165) is 12.1 Å². The molecule has 0 aromatic heterocycles. The van der Waals surface area contributed by atoms with E-state index in [4.69, 9.17) is 9.47 Å². The molecule has 4 nitrogen and oxygen atoms in total. The molecule has 30 heavy (non-hydrogen) atoms. The van der Waals surface area contributed by atoms with Gasteiger partial charge in [-0.2, -0.15) is 26.3 Å². The minimum Gasteiger partial charge on any atom is -0.489 e. The first kappa shape index (κ1) is 21.5. The number of hydrogen-bond acceptors (Lipinski definition) is 4. The molecule has 1 aliphatic heterocycles. The third-order valence-corrected chi connectivity index (χ3v) is 4.06. The first-order valence-electron chi connectivity index (χ1n) is 8.50. The van der Waals surface area contributed by atoms with Gasteiger partial charge in [0.1, 0.15) is 36.7 Å². The van der Waals surface area contributed by atoms with E-state index >= 15 is 0 Å². The third kappa shape index (κ3) is 5.46. The predicted molar refractivity (Wildman–Crippen MR) is 93.3 cm³/mol. The molecule has 160 valence electrons. The molecule has 1 heterocycles. The van der Waals surface area contributed by atoms with Crippen molar-refractivity contribution in [3.8, 4) is 17.2 Å². The molecule has 0 unspecified atom stereocenters. The van der Waals surface area contributed by atoms with Crippen molar-refractivity contribution in [2.24, 2.45) is 0 Å². The Hall–Kier alpha value is -3.17. The number of rotatable bonds is 6. The molecule has 0 amide bonds. The van der Waals surface area contributed by atoms with Crippen LogP contribution in [-0.2, 0) is 17.6 Å². The number of aldehydes is 1. The SMILES string of the molecule is O=CC1=Cc2ccc(OCc3ccc(OCC(F)(F)F)cc3C(F)(F)F)cc2OC1. The number of benzene rings is 2. The van der Waals surface area contributed by atoms with E-state index in [0.29, 0.717) is 29.2 Å². The second-order valence-corrected chi connectivity index (χ2v) is 6.33. The molecule has 0 saturated carbocycles. The lowest BCUT2D eigenvalue weighted by Crippen LogP contribution is -2.19. The molecule has 0 fully saturated rings. The van der Waals surface area contributed by atoms with Crippen molar-refractivity contribution in [3.63, 3.8) is 0 Å². The van der Waals surface area contributed by atoms with Crippen molar-refractivity contribution in [1.82, 2.24) is 0 Å². The molecule has 0 atom stereocenters. The van der Waals surface area contributed by atoms with Gasteiger partial charge in [-0.05, 0) is 30.3 Å². The molecule has 0 spiro atoms. The van der Waals surface area contributed by atoms with Crippen LogP contribution in [0.2, 0.25) is 0 Å². The van der Waals surface area contributed by atoms with Crippen LogP contribution in [0.3, 0.4) is 0 Å². The maximum absolute atomic E-state index is 13.3. The van der Waals surface area contributed by atoms with Crippen molar-refractivity contribution >= 4 is 12.4 Å². The van der Waals surface area contributed by atoms with Crippen LogP contribution in [0.5, 0.6) is 17.2 Å². The van der Waals surface area contributed by atoms with E-state index in [1.54, 1.807) is 12.1 Å². The Morgan fingerprint density at radius 2 is 1.67 bits per heavy atom. The standard InChI is InChI=1S/C20H14F6O4/c21-19(22,23)11-30-15-4-2-14(17(6-15)20(24,25)26)10-28-16-3-1-13-5-12(8-27)9-29-18(13)7-16/h1-8H,9-11H2. The van der Waals surface area contributed by atoms with Crippen molar-refractivity contribution in [1.29, 1.82) is 0 Å². The molecular weight excluding hydrogens is 418 g/mol. The van der Waals surface area contributed by atoms with Gasteiger partial charge in [0.25, 0.3) is 0 Å². The number of ether oxygens (including phenoxy) is 3. The molecule has 10 heteroatoms. The quantitative estimate of drug-likeness (QED) is 0.465. The second-order valence-electron chi connectivity index (χ2n) is 6.33. The van der Waals surface area contributed by atoms with E-state index in [2.05, 4.69) is 4.74 Å². The van der Waals surface area contributed by atoms with Gasteiger partial charge in [0.2, 0.25) is 0 Å². The number of carbonyl (C=O) groups is 1. The molecule has 0 bridgehead atoms. The highest BCUT2D eigenvalue weighted by Crippen LogP contribution is 2.36. The zero-order valence-electron chi connectivity index (χ0n) is 15.1. The fourth-order valence-electron chi connectivity index (χ4n) is 2.68. The van der Waals surface area contributed by atoms with Crippen molar-refractivity contribution in [2.45, 2.75) is 19.0 Å². The number of halogens is 6. The fraction of sp³-hybridized carbons (Fsp3) is 0.250. The molecule has 3 rings (SSSR count). The number of carbonyl (C=O) groups excluding carboxylic acids is 1. The van der Waals surface area contributed by atoms with Crippen LogP contribution in [-0.4, -0.2) is 25.7 Å². The van der Waals surface area contributed by atoms with E-state index < -0.39 is 36.9 Å². The van der Waals surface area contributed by atoms with Gasteiger partial charge in [0.15, 0.2) is 6.61 Å². The Kier molecular flexibility index (Phi) is 5.95. The largest absolute Gasteiger partial charge is 0.489 e. The normalized spacial score (nSPS) is 13.7. The van der Waals surface area contributed by atoms with Crippen LogP contribution in [0.15, 0.2) is 42.0 Å². The average Bonchev–Trinajstić information content (AvgIpc) is 2.69. The topological polar surface area (TPSA) is 44.8 Å². The van der Waals surface area contributed by atoms with E-state index in [9.17, 15) is 31.1 Å². The van der Waals surface area contributed by atoms with Crippen LogP contribution in [0, 0.1) is 0 Å². The van der Waals surface area contributed by atoms with E-state index in [1.807, 2.05) is 0 Å². The summed E-state index contributed by atoms with van der Waals surface area (Å²) in [6.45, 7) is -2.12. The van der Waals surface area contributed by atoms with Crippen LogP contribution < -0.4 is 14.2 Å². The first-order chi connectivity index (χ1) is 14.0. The first-order valence-corrected chi connectivity index (χ1v) is 8.50. The van der Waals surface area contributed by atoms with E-state index in [1.165, 1.54) is 12.1 Å². The Morgan fingerprint density at radius 3 is 2.33 bits per heavy atom. The van der Waals surface area contributed by atoms with Gasteiger partial charge < -0.3 is 14.2 Å². The third-order valence-electron chi connectivity index (χ3n) is 4.06. The summed E-state index contributed by atoms with van der Waals surface area (Å²) in [5.74, 6) is 0.0793. The van der Waals surface area contributed by atoms with Crippen LogP contribution in [0.25, 0.3) is 6.08 Å². The Bertz CT molecular complexity index is 963. The van der Waals surface area contributed by atoms with Gasteiger partial charge in [-0.1, -0.05) is 6.07 Å². The van der Waals surface area contributed by atoms with Gasteiger partial charge in [-0.3, -0.25) is 4.79 Å². The number of alkyl halides is 6. The summed E-state index contributed by atoms with van der Waals surface area (Å²) in [5, 5.41) is 0. The molecule has 0 N–H and O–H groups in total. The molecule has 2 aromatic rings. The summed E-state index contributed by atoms with van der Waals surface area (Å²) in [6, 6.07) is 7.09. The zero-order chi connectivity index (χ0) is 21.9. The van der Waals surface area contributed by atoms with Gasteiger partial charge in [0, 0.05) is 22.8 Å². The van der Waals surface area contributed by atoms with Crippen molar-refractivity contribution < 1.29 is 45.3 Å². The van der Waals surface area contributed by atoms with Crippen molar-refractivity contribution in [3.05, 3.63) is 58.7 Å². The van der Waals surface area contributed by atoms with Crippen LogP contribution >= 0.6 is 0 Å². The highest BCUT2D eigenvalue weighted by atomic mass is 19.4. The monoisotopic (exact) mass is 432 g/mol. The summed E-state index contributed by atoms with van der Waals surface area (Å²) in [7, 11) is 0. The molecule has 1 aliphatic rings. The highest BCUT2D eigenvalue weighted by Gasteiger charge is 2.35. The lowest BCUT2D eigenvalue weighted by Gasteiger charge is -2.18. The zero-order valence-corrected chi connectivity index (χ0v) is 15.1. The van der Waals surface area contributed by atoms with E-state index in [-0.39, 0.29) is 17.9 Å². The Labute approximate surface area is 166 Å². The average molecular weight is 432 g/mol. The summed E-state index contributed by atoms with van der Waals surface area (Å²) in [6.07, 6.45) is -7.20. The van der Waals surface area contributed by atoms with Crippen molar-refractivity contribution in [2.75, 3.05) is 13.2 Å². The number of hydrogen-bond donors (Lipinski definition) is 0. The molecular formula is C20H14F6O4. The minimum atomic E-state index is -4.81. The minimum absolute atomic E-state index is 0.0670. The predicted octanol–water partition coefficient (Wildman–Crippen LogP) is 5.20. The lowest BCUT2D eigenvalue weighted by atomic mass is 10.1. The van der Waals surface area contributed by atoms with Gasteiger partial charge in [0.05, 0.1) is 5.56 Å². The summed E-state index contributed by atoms with van der Waals surface area (Å²) in [4.78, 5) is 10.8. The van der Waals surface area contributed by atoms with Gasteiger partial charge in [-0.15, -0.1) is 0 Å². The maximum Gasteiger partial charge on any atom is 0.422 e. The number of fused-ring (bicyclic) bond motifs is 1. The Morgan fingerprint density at radius 1 is 0.967 bits per heavy atom. The van der Waals surface area contributed by atoms with Crippen LogP contribution in [0.1, 0.15) is 16.7 Å². The summed E-state index contributed by atoms with van der Waals surface area (Å²) < 4.78 is 91.9.